The summed E-state index contributed by atoms with van der Waals surface area (Å²) in [6, 6.07) is 7.94. The molecule has 4 unspecified atom stereocenters. The first-order valence-electron chi connectivity index (χ1n) is 6.97. The van der Waals surface area contributed by atoms with Gasteiger partial charge in [0.05, 0.1) is 5.92 Å². The largest absolute Gasteiger partial charge is 0.481 e. The predicted octanol–water partition coefficient (Wildman–Crippen LogP) is -0.0824. The van der Waals surface area contributed by atoms with Crippen molar-refractivity contribution in [2.45, 2.75) is 18.0 Å². The Morgan fingerprint density at radius 2 is 1.82 bits per heavy atom. The van der Waals surface area contributed by atoms with Crippen LogP contribution in [0.1, 0.15) is 16.8 Å². The molecule has 0 spiro atoms. The molecule has 2 aliphatic carbocycles. The number of carbonyl (C=O) groups is 3. The summed E-state index contributed by atoms with van der Waals surface area (Å²) in [6.45, 7) is 0. The third-order valence-corrected chi connectivity index (χ3v) is 4.73. The zero-order valence-corrected chi connectivity index (χ0v) is 11.6. The normalized spacial score (nSPS) is 35.5. The van der Waals surface area contributed by atoms with Crippen molar-refractivity contribution in [3.8, 4) is 0 Å². The minimum absolute atomic E-state index is 0.0417. The molecule has 0 saturated heterocycles. The van der Waals surface area contributed by atoms with Gasteiger partial charge in [0.1, 0.15) is 5.54 Å². The molecular formula is C15H16N2O5. The van der Waals surface area contributed by atoms with Crippen LogP contribution in [0.25, 0.3) is 0 Å². The highest BCUT2D eigenvalue weighted by Gasteiger charge is 2.74. The number of hydrogen-bond acceptors (Lipinski definition) is 4. The van der Waals surface area contributed by atoms with Crippen LogP contribution in [0, 0.1) is 17.8 Å². The number of nitrogens with two attached hydrogens (primary N) is 1. The molecule has 5 atom stereocenters. The SMILES string of the molecule is NC1(C(=O)O)CC(NC(=O)c2ccccc2)C2C1[C@H]2C(=O)O. The van der Waals surface area contributed by atoms with Crippen LogP contribution in [-0.2, 0) is 9.59 Å². The Balaban J connectivity index is 1.79. The van der Waals surface area contributed by atoms with Crippen LogP contribution in [0.3, 0.4) is 0 Å². The zero-order chi connectivity index (χ0) is 16.1. The first kappa shape index (κ1) is 14.5. The van der Waals surface area contributed by atoms with Gasteiger partial charge >= 0.3 is 11.9 Å². The summed E-state index contributed by atoms with van der Waals surface area (Å²) in [7, 11) is 0. The highest BCUT2D eigenvalue weighted by Crippen LogP contribution is 2.61. The van der Waals surface area contributed by atoms with Crippen LogP contribution in [0.4, 0.5) is 0 Å². The number of hydrogen-bond donors (Lipinski definition) is 4. The third-order valence-electron chi connectivity index (χ3n) is 4.73. The van der Waals surface area contributed by atoms with E-state index >= 15 is 0 Å². The fourth-order valence-electron chi connectivity index (χ4n) is 3.67. The van der Waals surface area contributed by atoms with Gasteiger partial charge in [-0.15, -0.1) is 0 Å². The molecule has 2 aliphatic rings. The van der Waals surface area contributed by atoms with E-state index in [1.54, 1.807) is 30.3 Å². The molecule has 2 saturated carbocycles. The van der Waals surface area contributed by atoms with E-state index in [0.29, 0.717) is 5.56 Å². The Labute approximate surface area is 126 Å². The Bertz CT molecular complexity index is 647. The van der Waals surface area contributed by atoms with Gasteiger partial charge in [0.15, 0.2) is 0 Å². The topological polar surface area (TPSA) is 130 Å². The van der Waals surface area contributed by atoms with Crippen molar-refractivity contribution >= 4 is 17.8 Å². The van der Waals surface area contributed by atoms with Crippen molar-refractivity contribution < 1.29 is 24.6 Å². The average Bonchev–Trinajstić information content (AvgIpc) is 3.17. The van der Waals surface area contributed by atoms with E-state index in [9.17, 15) is 24.6 Å². The molecule has 2 fully saturated rings. The number of aliphatic carboxylic acids is 2. The minimum Gasteiger partial charge on any atom is -0.481 e. The van der Waals surface area contributed by atoms with Crippen molar-refractivity contribution in [1.29, 1.82) is 0 Å². The molecule has 0 aliphatic heterocycles. The smallest absolute Gasteiger partial charge is 0.324 e. The summed E-state index contributed by atoms with van der Waals surface area (Å²) in [5, 5.41) is 21.2. The molecule has 7 nitrogen and oxygen atoms in total. The van der Waals surface area contributed by atoms with Crippen LogP contribution in [0.2, 0.25) is 0 Å². The Hall–Kier alpha value is -2.41. The van der Waals surface area contributed by atoms with E-state index in [-0.39, 0.29) is 12.3 Å². The zero-order valence-electron chi connectivity index (χ0n) is 11.6. The van der Waals surface area contributed by atoms with Crippen LogP contribution < -0.4 is 11.1 Å². The van der Waals surface area contributed by atoms with Gasteiger partial charge in [0, 0.05) is 17.5 Å². The molecule has 5 N–H and O–H groups in total. The van der Waals surface area contributed by atoms with E-state index < -0.39 is 41.3 Å². The first-order chi connectivity index (χ1) is 10.4. The van der Waals surface area contributed by atoms with Gasteiger partial charge in [-0.05, 0) is 24.5 Å². The van der Waals surface area contributed by atoms with E-state index in [4.69, 9.17) is 5.73 Å². The van der Waals surface area contributed by atoms with Gasteiger partial charge in [-0.25, -0.2) is 0 Å². The van der Waals surface area contributed by atoms with Gasteiger partial charge < -0.3 is 21.3 Å². The molecule has 1 aromatic carbocycles. The lowest BCUT2D eigenvalue weighted by atomic mass is 9.90. The first-order valence-corrected chi connectivity index (χ1v) is 6.97. The molecule has 116 valence electrons. The lowest BCUT2D eigenvalue weighted by Gasteiger charge is -2.25. The summed E-state index contributed by atoms with van der Waals surface area (Å²) in [4.78, 5) is 34.8. The molecule has 1 aromatic rings. The van der Waals surface area contributed by atoms with Crippen molar-refractivity contribution in [2.24, 2.45) is 23.5 Å². The fourth-order valence-corrected chi connectivity index (χ4v) is 3.67. The van der Waals surface area contributed by atoms with Gasteiger partial charge in [0.2, 0.25) is 0 Å². The Kier molecular flexibility index (Phi) is 3.17. The van der Waals surface area contributed by atoms with E-state index in [1.807, 2.05) is 0 Å². The highest BCUT2D eigenvalue weighted by molar-refractivity contribution is 5.95. The Morgan fingerprint density at radius 1 is 1.18 bits per heavy atom. The monoisotopic (exact) mass is 304 g/mol. The molecule has 0 aromatic heterocycles. The fraction of sp³-hybridized carbons (Fsp3) is 0.400. The van der Waals surface area contributed by atoms with Gasteiger partial charge in [-0.1, -0.05) is 18.2 Å². The third kappa shape index (κ3) is 2.05. The number of carbonyl (C=O) groups excluding carboxylic acids is 1. The number of amides is 1. The number of carboxylic acid groups (broad SMARTS) is 2. The number of nitrogens with one attached hydrogen (secondary N) is 1. The number of carboxylic acids is 2. The predicted molar refractivity (Wildman–Crippen MR) is 75.0 cm³/mol. The van der Waals surface area contributed by atoms with E-state index in [0.717, 1.165) is 0 Å². The molecule has 3 rings (SSSR count). The summed E-state index contributed by atoms with van der Waals surface area (Å²) < 4.78 is 0. The van der Waals surface area contributed by atoms with Crippen molar-refractivity contribution in [1.82, 2.24) is 5.32 Å². The van der Waals surface area contributed by atoms with Crippen molar-refractivity contribution in [3.05, 3.63) is 35.9 Å². The Morgan fingerprint density at radius 3 is 2.36 bits per heavy atom. The lowest BCUT2D eigenvalue weighted by Crippen LogP contribution is -2.52. The molecule has 0 radical (unpaired) electrons. The maximum absolute atomic E-state index is 12.2. The maximum Gasteiger partial charge on any atom is 0.324 e. The van der Waals surface area contributed by atoms with Gasteiger partial charge in [-0.2, -0.15) is 0 Å². The lowest BCUT2D eigenvalue weighted by molar-refractivity contribution is -0.145. The van der Waals surface area contributed by atoms with Crippen LogP contribution in [0.15, 0.2) is 30.3 Å². The van der Waals surface area contributed by atoms with Crippen LogP contribution in [0.5, 0.6) is 0 Å². The second-order valence-electron chi connectivity index (χ2n) is 5.96. The van der Waals surface area contributed by atoms with Crippen LogP contribution >= 0.6 is 0 Å². The van der Waals surface area contributed by atoms with Crippen molar-refractivity contribution in [2.75, 3.05) is 0 Å². The summed E-state index contributed by atoms with van der Waals surface area (Å²) in [5.41, 5.74) is 4.75. The molecule has 7 heteroatoms. The second-order valence-corrected chi connectivity index (χ2v) is 5.96. The summed E-state index contributed by atoms with van der Waals surface area (Å²) in [5.74, 6) is -4.51. The number of fused-ring (bicyclic) bond motifs is 1. The molecular weight excluding hydrogens is 288 g/mol. The standard InChI is InChI=1S/C15H16N2O5/c16-15(14(21)22)6-8(9-10(11(9)15)13(19)20)17-12(18)7-4-2-1-3-5-7/h1-5,8-11H,6,16H2,(H,17,18)(H,19,20)(H,21,22)/t8?,9?,10-,11?,15?/m0/s1. The number of rotatable bonds is 4. The molecule has 0 heterocycles. The molecule has 1 amide bonds. The summed E-state index contributed by atoms with van der Waals surface area (Å²) in [6.07, 6.45) is 0.0417. The quantitative estimate of drug-likeness (QED) is 0.615. The molecule has 0 bridgehead atoms. The minimum atomic E-state index is -1.59. The van der Waals surface area contributed by atoms with E-state index in [2.05, 4.69) is 5.32 Å². The van der Waals surface area contributed by atoms with Gasteiger partial charge in [0.25, 0.3) is 5.91 Å². The molecule has 22 heavy (non-hydrogen) atoms. The van der Waals surface area contributed by atoms with E-state index in [1.165, 1.54) is 0 Å². The van der Waals surface area contributed by atoms with Crippen molar-refractivity contribution in [3.63, 3.8) is 0 Å². The number of benzene rings is 1. The van der Waals surface area contributed by atoms with Crippen LogP contribution in [-0.4, -0.2) is 39.6 Å². The average molecular weight is 304 g/mol. The maximum atomic E-state index is 12.2. The summed E-state index contributed by atoms with van der Waals surface area (Å²) >= 11 is 0. The van der Waals surface area contributed by atoms with Gasteiger partial charge in [-0.3, -0.25) is 14.4 Å². The highest BCUT2D eigenvalue weighted by atomic mass is 16.4. The second kappa shape index (κ2) is 4.81.